The van der Waals surface area contributed by atoms with Crippen LogP contribution in [0.5, 0.6) is 0 Å². The summed E-state index contributed by atoms with van der Waals surface area (Å²) >= 11 is 5.59. The molecule has 134 valence electrons. The molecule has 1 saturated heterocycles. The molecule has 6 unspecified atom stereocenters. The van der Waals surface area contributed by atoms with Gasteiger partial charge in [0.2, 0.25) is 0 Å². The predicted molar refractivity (Wildman–Crippen MR) is 84.1 cm³/mol. The number of hydrogen-bond acceptors (Lipinski definition) is 6. The summed E-state index contributed by atoms with van der Waals surface area (Å²) in [5, 5.41) is 0. The van der Waals surface area contributed by atoms with E-state index in [0.717, 1.165) is 0 Å². The Hall–Kier alpha value is -1.30. The van der Waals surface area contributed by atoms with E-state index in [1.165, 1.54) is 0 Å². The molecule has 0 amide bonds. The van der Waals surface area contributed by atoms with E-state index in [2.05, 4.69) is 0 Å². The third kappa shape index (κ3) is 3.01. The van der Waals surface area contributed by atoms with Crippen molar-refractivity contribution < 1.29 is 28.6 Å². The summed E-state index contributed by atoms with van der Waals surface area (Å²) in [5.41, 5.74) is -0.632. The van der Waals surface area contributed by atoms with E-state index in [4.69, 9.17) is 25.8 Å². The normalized spacial score (nSPS) is 36.6. The van der Waals surface area contributed by atoms with Crippen LogP contribution in [0.3, 0.4) is 0 Å². The van der Waals surface area contributed by atoms with E-state index in [-0.39, 0.29) is 30.2 Å². The molecule has 6 nitrogen and oxygen atoms in total. The lowest BCUT2D eigenvalue weighted by molar-refractivity contribution is -0.171. The van der Waals surface area contributed by atoms with Gasteiger partial charge in [0.05, 0.1) is 11.8 Å². The number of ether oxygens (including phenoxy) is 3. The number of carbonyl (C=O) groups excluding carboxylic acids is 3. The van der Waals surface area contributed by atoms with Crippen molar-refractivity contribution >= 4 is 29.5 Å². The summed E-state index contributed by atoms with van der Waals surface area (Å²) in [4.78, 5) is 36.7. The van der Waals surface area contributed by atoms with E-state index < -0.39 is 35.6 Å². The van der Waals surface area contributed by atoms with Crippen molar-refractivity contribution in [2.45, 2.75) is 57.8 Å². The Balaban J connectivity index is 1.76. The molecule has 24 heavy (non-hydrogen) atoms. The minimum atomic E-state index is -0.632. The lowest BCUT2D eigenvalue weighted by Gasteiger charge is -2.32. The second-order valence-electron chi connectivity index (χ2n) is 7.80. The van der Waals surface area contributed by atoms with Crippen LogP contribution >= 0.6 is 11.6 Å². The lowest BCUT2D eigenvalue weighted by atomic mass is 9.78. The smallest absolute Gasteiger partial charge is 0.310 e. The molecule has 2 aliphatic carbocycles. The Labute approximate surface area is 146 Å². The van der Waals surface area contributed by atoms with Crippen molar-refractivity contribution in [3.63, 3.8) is 0 Å². The van der Waals surface area contributed by atoms with Gasteiger partial charge in [-0.15, -0.1) is 11.6 Å². The van der Waals surface area contributed by atoms with Crippen molar-refractivity contribution in [2.75, 3.05) is 5.88 Å². The number of fused-ring (bicyclic) bond motifs is 1. The minimum Gasteiger partial charge on any atom is -0.460 e. The molecule has 0 aromatic carbocycles. The van der Waals surface area contributed by atoms with Gasteiger partial charge in [0.25, 0.3) is 0 Å². The molecule has 1 aliphatic heterocycles. The van der Waals surface area contributed by atoms with Gasteiger partial charge >= 0.3 is 17.9 Å². The van der Waals surface area contributed by atoms with Crippen molar-refractivity contribution in [3.05, 3.63) is 0 Å². The Morgan fingerprint density at radius 3 is 2.62 bits per heavy atom. The molecule has 0 N–H and O–H groups in total. The lowest BCUT2D eigenvalue weighted by Crippen LogP contribution is -2.45. The van der Waals surface area contributed by atoms with Crippen molar-refractivity contribution in [1.82, 2.24) is 0 Å². The Bertz CT molecular complexity index is 554. The molecule has 0 radical (unpaired) electrons. The van der Waals surface area contributed by atoms with Crippen LogP contribution in [0.15, 0.2) is 0 Å². The van der Waals surface area contributed by atoms with Gasteiger partial charge in [-0.05, 0) is 33.6 Å². The molecule has 3 rings (SSSR count). The number of rotatable bonds is 5. The van der Waals surface area contributed by atoms with Gasteiger partial charge < -0.3 is 14.2 Å². The highest BCUT2D eigenvalue weighted by atomic mass is 35.5. The fraction of sp³-hybridized carbons (Fsp3) is 0.824. The Morgan fingerprint density at radius 1 is 1.29 bits per heavy atom. The maximum atomic E-state index is 12.6. The molecular weight excluding hydrogens is 336 g/mol. The highest BCUT2D eigenvalue weighted by molar-refractivity contribution is 6.17. The second-order valence-corrected chi connectivity index (χ2v) is 8.17. The van der Waals surface area contributed by atoms with E-state index in [1.54, 1.807) is 20.8 Å². The first-order chi connectivity index (χ1) is 11.2. The predicted octanol–water partition coefficient (Wildman–Crippen LogP) is 2.07. The fourth-order valence-electron chi connectivity index (χ4n) is 4.26. The van der Waals surface area contributed by atoms with Gasteiger partial charge in [-0.3, -0.25) is 14.4 Å². The zero-order valence-corrected chi connectivity index (χ0v) is 14.9. The topological polar surface area (TPSA) is 78.9 Å². The zero-order valence-electron chi connectivity index (χ0n) is 14.1. The number of alkyl halides is 1. The standard InChI is InChI=1S/C17H23ClO6/c1-17(2,3)24-16(21)12-9-7-8-11(12)15(20)23-14(8)13(9)22-10(19)5-4-6-18/h8-9,11-14H,4-7H2,1-3H3. The summed E-state index contributed by atoms with van der Waals surface area (Å²) in [6, 6.07) is 0. The van der Waals surface area contributed by atoms with Gasteiger partial charge in [-0.1, -0.05) is 0 Å². The van der Waals surface area contributed by atoms with Crippen LogP contribution in [0, 0.1) is 23.7 Å². The van der Waals surface area contributed by atoms with Gasteiger partial charge in [0.15, 0.2) is 0 Å². The third-order valence-corrected chi connectivity index (χ3v) is 5.27. The maximum Gasteiger partial charge on any atom is 0.310 e. The summed E-state index contributed by atoms with van der Waals surface area (Å²) in [6.07, 6.45) is 0.421. The first kappa shape index (κ1) is 17.5. The highest BCUT2D eigenvalue weighted by Crippen LogP contribution is 2.59. The molecule has 3 fully saturated rings. The van der Waals surface area contributed by atoms with Gasteiger partial charge in [-0.25, -0.2) is 0 Å². The van der Waals surface area contributed by atoms with Crippen LogP contribution in [-0.4, -0.2) is 41.6 Å². The highest BCUT2D eigenvalue weighted by Gasteiger charge is 2.70. The van der Waals surface area contributed by atoms with Crippen molar-refractivity contribution in [2.24, 2.45) is 23.7 Å². The Morgan fingerprint density at radius 2 is 2.00 bits per heavy atom. The molecule has 0 aromatic heterocycles. The number of hydrogen-bond donors (Lipinski definition) is 0. The van der Waals surface area contributed by atoms with E-state index in [1.807, 2.05) is 0 Å². The van der Waals surface area contributed by atoms with E-state index in [0.29, 0.717) is 18.7 Å². The van der Waals surface area contributed by atoms with Gasteiger partial charge in [-0.2, -0.15) is 0 Å². The quantitative estimate of drug-likeness (QED) is 0.425. The van der Waals surface area contributed by atoms with Crippen LogP contribution in [0.25, 0.3) is 0 Å². The average molecular weight is 359 g/mol. The van der Waals surface area contributed by atoms with Crippen LogP contribution in [0.2, 0.25) is 0 Å². The molecule has 6 atom stereocenters. The first-order valence-corrected chi connectivity index (χ1v) is 8.95. The van der Waals surface area contributed by atoms with Crippen molar-refractivity contribution in [1.29, 1.82) is 0 Å². The number of esters is 3. The molecule has 2 bridgehead atoms. The summed E-state index contributed by atoms with van der Waals surface area (Å²) in [7, 11) is 0. The third-order valence-electron chi connectivity index (χ3n) is 5.01. The number of halogens is 1. The van der Waals surface area contributed by atoms with Gasteiger partial charge in [0, 0.05) is 24.1 Å². The largest absolute Gasteiger partial charge is 0.460 e. The molecule has 7 heteroatoms. The minimum absolute atomic E-state index is 0.0640. The van der Waals surface area contributed by atoms with Crippen LogP contribution in [-0.2, 0) is 28.6 Å². The average Bonchev–Trinajstić information content (AvgIpc) is 3.06. The maximum absolute atomic E-state index is 12.6. The van der Waals surface area contributed by atoms with Crippen LogP contribution < -0.4 is 0 Å². The van der Waals surface area contributed by atoms with Crippen LogP contribution in [0.1, 0.15) is 40.0 Å². The molecule has 2 saturated carbocycles. The molecule has 0 aromatic rings. The second kappa shape index (κ2) is 6.21. The molecule has 1 heterocycles. The van der Waals surface area contributed by atoms with E-state index >= 15 is 0 Å². The van der Waals surface area contributed by atoms with Gasteiger partial charge in [0.1, 0.15) is 17.8 Å². The van der Waals surface area contributed by atoms with Crippen molar-refractivity contribution in [3.8, 4) is 0 Å². The zero-order chi connectivity index (χ0) is 17.6. The monoisotopic (exact) mass is 358 g/mol. The summed E-state index contributed by atoms with van der Waals surface area (Å²) in [6.45, 7) is 5.37. The number of carbonyl (C=O) groups is 3. The molecule has 0 spiro atoms. The first-order valence-electron chi connectivity index (χ1n) is 8.41. The SMILES string of the molecule is CC(C)(C)OC(=O)C1C2CC3C(OC(=O)C31)C2OC(=O)CCCCl. The van der Waals surface area contributed by atoms with E-state index in [9.17, 15) is 14.4 Å². The fourth-order valence-corrected chi connectivity index (χ4v) is 4.39. The van der Waals surface area contributed by atoms with Crippen LogP contribution in [0.4, 0.5) is 0 Å². The summed E-state index contributed by atoms with van der Waals surface area (Å²) < 4.78 is 16.5. The summed E-state index contributed by atoms with van der Waals surface area (Å²) in [5.74, 6) is -2.10. The molecular formula is C17H23ClO6. The molecule has 3 aliphatic rings. The Kier molecular flexibility index (Phi) is 4.53.